The lowest BCUT2D eigenvalue weighted by molar-refractivity contribution is 0.831. The summed E-state index contributed by atoms with van der Waals surface area (Å²) in [5.74, 6) is 0. The maximum Gasteiger partial charge on any atom is 0.251 e. The van der Waals surface area contributed by atoms with Crippen LogP contribution < -0.4 is 5.56 Å². The molecule has 0 amide bonds. The predicted molar refractivity (Wildman–Crippen MR) is 115 cm³/mol. The molecule has 3 rings (SSSR count). The van der Waals surface area contributed by atoms with Crippen molar-refractivity contribution >= 4 is 35.3 Å². The summed E-state index contributed by atoms with van der Waals surface area (Å²) < 4.78 is 0. The molecular formula is C21H23Cl2NOS. The molecule has 0 unspecified atom stereocenters. The van der Waals surface area contributed by atoms with Crippen LogP contribution in [0.3, 0.4) is 0 Å². The zero-order valence-corrected chi connectivity index (χ0v) is 17.4. The quantitative estimate of drug-likeness (QED) is 0.516. The Morgan fingerprint density at radius 1 is 1.08 bits per heavy atom. The third-order valence-electron chi connectivity index (χ3n) is 4.43. The van der Waals surface area contributed by atoms with Gasteiger partial charge < -0.3 is 4.98 Å². The van der Waals surface area contributed by atoms with Crippen molar-refractivity contribution in [2.45, 2.75) is 39.5 Å². The minimum atomic E-state index is 0. The molecule has 0 aliphatic rings. The van der Waals surface area contributed by atoms with Crippen molar-refractivity contribution in [1.82, 2.24) is 4.98 Å². The van der Waals surface area contributed by atoms with Crippen LogP contribution in [0.25, 0.3) is 10.4 Å². The van der Waals surface area contributed by atoms with Gasteiger partial charge >= 0.3 is 0 Å². The molecule has 0 aliphatic carbocycles. The number of pyridine rings is 1. The van der Waals surface area contributed by atoms with Gasteiger partial charge in [-0.05, 0) is 68.5 Å². The molecule has 2 nitrogen and oxygen atoms in total. The molecule has 0 radical (unpaired) electrons. The molecule has 1 aromatic carbocycles. The summed E-state index contributed by atoms with van der Waals surface area (Å²) in [5.41, 5.74) is 4.29. The van der Waals surface area contributed by atoms with Crippen LogP contribution in [-0.2, 0) is 19.3 Å². The van der Waals surface area contributed by atoms with Crippen molar-refractivity contribution in [2.24, 2.45) is 0 Å². The Labute approximate surface area is 169 Å². The van der Waals surface area contributed by atoms with E-state index in [9.17, 15) is 4.79 Å². The molecule has 0 bridgehead atoms. The first-order valence-corrected chi connectivity index (χ1v) is 9.82. The fraction of sp³-hybridized carbons (Fsp3) is 0.286. The second-order valence-corrected chi connectivity index (χ2v) is 7.87. The molecule has 26 heavy (non-hydrogen) atoms. The Balaban J connectivity index is 0.00000243. The number of benzene rings is 1. The van der Waals surface area contributed by atoms with Crippen LogP contribution in [0.1, 0.15) is 35.0 Å². The van der Waals surface area contributed by atoms with E-state index in [1.165, 1.54) is 15.3 Å². The topological polar surface area (TPSA) is 32.9 Å². The smallest absolute Gasteiger partial charge is 0.251 e. The van der Waals surface area contributed by atoms with Gasteiger partial charge in [0, 0.05) is 31.6 Å². The lowest BCUT2D eigenvalue weighted by Crippen LogP contribution is -2.13. The van der Waals surface area contributed by atoms with Crippen molar-refractivity contribution in [3.05, 3.63) is 79.5 Å². The zero-order valence-electron chi connectivity index (χ0n) is 15.0. The third-order valence-corrected chi connectivity index (χ3v) is 5.86. The van der Waals surface area contributed by atoms with E-state index in [4.69, 9.17) is 11.6 Å². The number of aromatic nitrogens is 1. The van der Waals surface area contributed by atoms with Gasteiger partial charge in [0.2, 0.25) is 0 Å². The fourth-order valence-electron chi connectivity index (χ4n) is 2.96. The molecule has 0 saturated carbocycles. The Bertz CT molecular complexity index is 913. The predicted octanol–water partition coefficient (Wildman–Crippen LogP) is 6.22. The van der Waals surface area contributed by atoms with E-state index in [2.05, 4.69) is 29.2 Å². The first-order valence-electron chi connectivity index (χ1n) is 8.63. The molecule has 3 aromatic rings. The van der Waals surface area contributed by atoms with Crippen LogP contribution >= 0.6 is 35.3 Å². The number of nitrogens with one attached hydrogen (secondary N) is 1. The molecule has 2 heterocycles. The first kappa shape index (κ1) is 20.8. The van der Waals surface area contributed by atoms with E-state index < -0.39 is 0 Å². The standard InChI is InChI=1S/C21H22ClNOS.ClH/c1-3-16-13-19(14(2)23-21(16)24)20-12-11-18(25-20)6-4-5-15-7-9-17(22)10-8-15;/h7-13H,3-6H2,1-2H3,(H,23,24);1H. The number of hydrogen-bond acceptors (Lipinski definition) is 2. The molecular weight excluding hydrogens is 385 g/mol. The second-order valence-electron chi connectivity index (χ2n) is 6.26. The average Bonchev–Trinajstić information content (AvgIpc) is 3.05. The lowest BCUT2D eigenvalue weighted by Gasteiger charge is -2.05. The molecule has 0 aliphatic heterocycles. The number of halogens is 2. The molecule has 0 atom stereocenters. The van der Waals surface area contributed by atoms with Gasteiger partial charge in [0.15, 0.2) is 0 Å². The van der Waals surface area contributed by atoms with E-state index in [-0.39, 0.29) is 18.0 Å². The molecule has 0 saturated heterocycles. The third kappa shape index (κ3) is 5.00. The molecule has 5 heteroatoms. The summed E-state index contributed by atoms with van der Waals surface area (Å²) >= 11 is 7.75. The average molecular weight is 408 g/mol. The highest BCUT2D eigenvalue weighted by molar-refractivity contribution is 7.15. The van der Waals surface area contributed by atoms with Crippen LogP contribution in [0.2, 0.25) is 5.02 Å². The van der Waals surface area contributed by atoms with Crippen molar-refractivity contribution in [3.63, 3.8) is 0 Å². The normalized spacial score (nSPS) is 10.6. The van der Waals surface area contributed by atoms with Crippen molar-refractivity contribution in [1.29, 1.82) is 0 Å². The van der Waals surface area contributed by atoms with Gasteiger partial charge in [-0.1, -0.05) is 30.7 Å². The largest absolute Gasteiger partial charge is 0.326 e. The van der Waals surface area contributed by atoms with Crippen LogP contribution in [0.5, 0.6) is 0 Å². The van der Waals surface area contributed by atoms with Gasteiger partial charge in [-0.15, -0.1) is 23.7 Å². The van der Waals surface area contributed by atoms with Crippen LogP contribution in [-0.4, -0.2) is 4.98 Å². The minimum Gasteiger partial charge on any atom is -0.326 e. The molecule has 1 N–H and O–H groups in total. The SMILES string of the molecule is CCc1cc(-c2ccc(CCCc3ccc(Cl)cc3)s2)c(C)[nH]c1=O.Cl. The Hall–Kier alpha value is -1.55. The highest BCUT2D eigenvalue weighted by Crippen LogP contribution is 2.30. The van der Waals surface area contributed by atoms with Crippen LogP contribution in [0.4, 0.5) is 0 Å². The summed E-state index contributed by atoms with van der Waals surface area (Å²) in [6.07, 6.45) is 3.99. The highest BCUT2D eigenvalue weighted by atomic mass is 35.5. The van der Waals surface area contributed by atoms with Gasteiger partial charge in [0.1, 0.15) is 0 Å². The van der Waals surface area contributed by atoms with Gasteiger partial charge in [0.05, 0.1) is 0 Å². The number of hydrogen-bond donors (Lipinski definition) is 1. The lowest BCUT2D eigenvalue weighted by atomic mass is 10.1. The summed E-state index contributed by atoms with van der Waals surface area (Å²) in [7, 11) is 0. The van der Waals surface area contributed by atoms with Crippen molar-refractivity contribution in [3.8, 4) is 10.4 Å². The number of aryl methyl sites for hydroxylation is 4. The Kier molecular flexibility index (Phi) is 7.51. The maximum atomic E-state index is 11.9. The number of H-pyrrole nitrogens is 1. The number of aromatic amines is 1. The molecule has 138 valence electrons. The molecule has 2 aromatic heterocycles. The first-order chi connectivity index (χ1) is 12.1. The minimum absolute atomic E-state index is 0. The van der Waals surface area contributed by atoms with E-state index in [1.807, 2.05) is 43.4 Å². The monoisotopic (exact) mass is 407 g/mol. The van der Waals surface area contributed by atoms with E-state index in [1.54, 1.807) is 0 Å². The van der Waals surface area contributed by atoms with Gasteiger partial charge in [0.25, 0.3) is 5.56 Å². The summed E-state index contributed by atoms with van der Waals surface area (Å²) in [4.78, 5) is 17.5. The summed E-state index contributed by atoms with van der Waals surface area (Å²) in [6, 6.07) is 14.5. The Morgan fingerprint density at radius 3 is 2.50 bits per heavy atom. The van der Waals surface area contributed by atoms with Gasteiger partial charge in [-0.2, -0.15) is 0 Å². The highest BCUT2D eigenvalue weighted by Gasteiger charge is 2.09. The molecule has 0 spiro atoms. The number of rotatable bonds is 6. The van der Waals surface area contributed by atoms with E-state index >= 15 is 0 Å². The van der Waals surface area contributed by atoms with E-state index in [0.29, 0.717) is 0 Å². The summed E-state index contributed by atoms with van der Waals surface area (Å²) in [6.45, 7) is 3.98. The van der Waals surface area contributed by atoms with Gasteiger partial charge in [-0.3, -0.25) is 4.79 Å². The fourth-order valence-corrected chi connectivity index (χ4v) is 4.21. The van der Waals surface area contributed by atoms with E-state index in [0.717, 1.165) is 47.5 Å². The van der Waals surface area contributed by atoms with Crippen molar-refractivity contribution in [2.75, 3.05) is 0 Å². The van der Waals surface area contributed by atoms with Crippen molar-refractivity contribution < 1.29 is 0 Å². The van der Waals surface area contributed by atoms with Gasteiger partial charge in [-0.25, -0.2) is 0 Å². The Morgan fingerprint density at radius 2 is 1.81 bits per heavy atom. The molecule has 0 fully saturated rings. The zero-order chi connectivity index (χ0) is 17.8. The second kappa shape index (κ2) is 9.40. The van der Waals surface area contributed by atoms with Crippen LogP contribution in [0, 0.1) is 6.92 Å². The number of thiophene rings is 1. The summed E-state index contributed by atoms with van der Waals surface area (Å²) in [5, 5.41) is 0.786. The van der Waals surface area contributed by atoms with Crippen LogP contribution in [0.15, 0.2) is 47.3 Å². The maximum absolute atomic E-state index is 11.9.